The van der Waals surface area contributed by atoms with Crippen molar-refractivity contribution in [1.29, 1.82) is 0 Å². The molecular formula is C18H24ClN5O. The first kappa shape index (κ1) is 17.7. The van der Waals surface area contributed by atoms with E-state index in [-0.39, 0.29) is 5.91 Å². The summed E-state index contributed by atoms with van der Waals surface area (Å²) in [5, 5.41) is 0.585. The van der Waals surface area contributed by atoms with E-state index in [0.717, 1.165) is 30.4 Å². The molecule has 25 heavy (non-hydrogen) atoms. The maximum Gasteiger partial charge on any atom is 0.270 e. The third-order valence-corrected chi connectivity index (χ3v) is 4.66. The van der Waals surface area contributed by atoms with Crippen LogP contribution in [-0.2, 0) is 7.05 Å². The largest absolute Gasteiger partial charge is 0.353 e. The van der Waals surface area contributed by atoms with Crippen LogP contribution in [0, 0.1) is 6.92 Å². The van der Waals surface area contributed by atoms with Gasteiger partial charge in [0.15, 0.2) is 0 Å². The smallest absolute Gasteiger partial charge is 0.270 e. The summed E-state index contributed by atoms with van der Waals surface area (Å²) in [5.74, 6) is 2.14. The maximum absolute atomic E-state index is 12.7. The Hall–Kier alpha value is -2.08. The van der Waals surface area contributed by atoms with Crippen molar-refractivity contribution in [2.24, 2.45) is 7.05 Å². The minimum atomic E-state index is 0.0239. The van der Waals surface area contributed by atoms with Crippen molar-refractivity contribution in [2.45, 2.75) is 26.7 Å². The van der Waals surface area contributed by atoms with Crippen LogP contribution in [0.1, 0.15) is 41.8 Å². The van der Waals surface area contributed by atoms with E-state index < -0.39 is 0 Å². The number of amides is 1. The van der Waals surface area contributed by atoms with E-state index >= 15 is 0 Å². The average molecular weight is 362 g/mol. The van der Waals surface area contributed by atoms with Crippen LogP contribution in [0.4, 0.5) is 5.82 Å². The Morgan fingerprint density at radius 2 is 1.84 bits per heavy atom. The third-order valence-electron chi connectivity index (χ3n) is 4.46. The third kappa shape index (κ3) is 3.79. The highest BCUT2D eigenvalue weighted by Crippen LogP contribution is 2.20. The number of carbonyl (C=O) groups is 1. The van der Waals surface area contributed by atoms with Crippen LogP contribution >= 0.6 is 11.6 Å². The maximum atomic E-state index is 12.7. The molecule has 0 spiro atoms. The molecule has 1 fully saturated rings. The lowest BCUT2D eigenvalue weighted by atomic mass is 10.2. The number of aryl methyl sites for hydroxylation is 2. The zero-order valence-electron chi connectivity index (χ0n) is 15.2. The fourth-order valence-electron chi connectivity index (χ4n) is 3.03. The van der Waals surface area contributed by atoms with Gasteiger partial charge in [0.1, 0.15) is 17.3 Å². The van der Waals surface area contributed by atoms with Gasteiger partial charge in [-0.1, -0.05) is 25.4 Å². The van der Waals surface area contributed by atoms with E-state index in [1.54, 1.807) is 16.8 Å². The predicted octanol–water partition coefficient (Wildman–Crippen LogP) is 2.86. The fourth-order valence-corrected chi connectivity index (χ4v) is 3.28. The first-order valence-corrected chi connectivity index (χ1v) is 8.94. The van der Waals surface area contributed by atoms with E-state index in [1.807, 2.05) is 24.9 Å². The summed E-state index contributed by atoms with van der Waals surface area (Å²) < 4.78 is 1.78. The summed E-state index contributed by atoms with van der Waals surface area (Å²) in [6, 6.07) is 3.74. The van der Waals surface area contributed by atoms with Gasteiger partial charge >= 0.3 is 0 Å². The molecule has 7 heteroatoms. The predicted molar refractivity (Wildman–Crippen MR) is 99.4 cm³/mol. The van der Waals surface area contributed by atoms with Gasteiger partial charge in [0.2, 0.25) is 0 Å². The molecule has 2 aromatic heterocycles. The summed E-state index contributed by atoms with van der Waals surface area (Å²) in [4.78, 5) is 26.0. The Kier molecular flexibility index (Phi) is 4.99. The second kappa shape index (κ2) is 7.04. The summed E-state index contributed by atoms with van der Waals surface area (Å²) in [6.45, 7) is 9.05. The van der Waals surface area contributed by atoms with Gasteiger partial charge in [0.25, 0.3) is 5.91 Å². The molecule has 0 bridgehead atoms. The van der Waals surface area contributed by atoms with Crippen molar-refractivity contribution in [1.82, 2.24) is 19.4 Å². The second-order valence-corrected chi connectivity index (χ2v) is 7.25. The van der Waals surface area contributed by atoms with Crippen molar-refractivity contribution in [3.63, 3.8) is 0 Å². The SMILES string of the molecule is Cc1cc(N2CCN(C(=O)c3cc(Cl)cn3C)CC2)nc(C(C)C)n1. The molecule has 3 heterocycles. The zero-order chi connectivity index (χ0) is 18.1. The Labute approximate surface area is 153 Å². The van der Waals surface area contributed by atoms with Crippen molar-refractivity contribution in [3.8, 4) is 0 Å². The van der Waals surface area contributed by atoms with Crippen molar-refractivity contribution < 1.29 is 4.79 Å². The second-order valence-electron chi connectivity index (χ2n) is 6.81. The number of piperazine rings is 1. The number of halogens is 1. The molecule has 2 aromatic rings. The lowest BCUT2D eigenvalue weighted by molar-refractivity contribution is 0.0737. The number of nitrogens with zero attached hydrogens (tertiary/aromatic N) is 5. The minimum absolute atomic E-state index is 0.0239. The lowest BCUT2D eigenvalue weighted by Gasteiger charge is -2.35. The summed E-state index contributed by atoms with van der Waals surface area (Å²) >= 11 is 5.99. The first-order valence-electron chi connectivity index (χ1n) is 8.57. The number of hydrogen-bond donors (Lipinski definition) is 0. The number of rotatable bonds is 3. The van der Waals surface area contributed by atoms with Gasteiger partial charge in [-0.3, -0.25) is 4.79 Å². The average Bonchev–Trinajstić information content (AvgIpc) is 2.92. The molecule has 0 atom stereocenters. The molecule has 1 aliphatic heterocycles. The van der Waals surface area contributed by atoms with Crippen LogP contribution in [0.3, 0.4) is 0 Å². The molecule has 1 saturated heterocycles. The molecule has 0 aliphatic carbocycles. The highest BCUT2D eigenvalue weighted by molar-refractivity contribution is 6.31. The molecule has 0 radical (unpaired) electrons. The first-order chi connectivity index (χ1) is 11.8. The molecule has 6 nitrogen and oxygen atoms in total. The van der Waals surface area contributed by atoms with Gasteiger partial charge in [-0.15, -0.1) is 0 Å². The minimum Gasteiger partial charge on any atom is -0.353 e. The molecule has 0 aromatic carbocycles. The van der Waals surface area contributed by atoms with E-state index in [9.17, 15) is 4.79 Å². The highest BCUT2D eigenvalue weighted by Gasteiger charge is 2.25. The molecule has 134 valence electrons. The van der Waals surface area contributed by atoms with E-state index in [1.165, 1.54) is 0 Å². The molecular weight excluding hydrogens is 338 g/mol. The summed E-state index contributed by atoms with van der Waals surface area (Å²) in [5.41, 5.74) is 1.60. The summed E-state index contributed by atoms with van der Waals surface area (Å²) in [6.07, 6.45) is 1.75. The van der Waals surface area contributed by atoms with Crippen molar-refractivity contribution >= 4 is 23.3 Å². The van der Waals surface area contributed by atoms with E-state index in [4.69, 9.17) is 16.6 Å². The zero-order valence-corrected chi connectivity index (χ0v) is 15.9. The monoisotopic (exact) mass is 361 g/mol. The Morgan fingerprint density at radius 1 is 1.16 bits per heavy atom. The van der Waals surface area contributed by atoms with Crippen LogP contribution in [0.2, 0.25) is 5.02 Å². The topological polar surface area (TPSA) is 54.3 Å². The molecule has 0 saturated carbocycles. The van der Waals surface area contributed by atoms with Crippen LogP contribution < -0.4 is 4.90 Å². The Bertz CT molecular complexity index is 778. The standard InChI is InChI=1S/C18H24ClN5O/c1-12(2)17-20-13(3)9-16(21-17)23-5-7-24(8-6-23)18(25)15-10-14(19)11-22(15)4/h9-12H,5-8H2,1-4H3. The van der Waals surface area contributed by atoms with Gasteiger partial charge in [0, 0.05) is 57.1 Å². The quantitative estimate of drug-likeness (QED) is 0.843. The van der Waals surface area contributed by atoms with Crippen molar-refractivity contribution in [3.05, 3.63) is 40.6 Å². The van der Waals surface area contributed by atoms with Gasteiger partial charge in [-0.25, -0.2) is 9.97 Å². The van der Waals surface area contributed by atoms with E-state index in [0.29, 0.717) is 29.7 Å². The van der Waals surface area contributed by atoms with Crippen LogP contribution in [0.25, 0.3) is 0 Å². The normalized spacial score (nSPS) is 15.1. The molecule has 3 rings (SSSR count). The molecule has 1 amide bonds. The Morgan fingerprint density at radius 3 is 2.40 bits per heavy atom. The number of hydrogen-bond acceptors (Lipinski definition) is 4. The summed E-state index contributed by atoms with van der Waals surface area (Å²) in [7, 11) is 1.84. The van der Waals surface area contributed by atoms with Gasteiger partial charge < -0.3 is 14.4 Å². The van der Waals surface area contributed by atoms with Crippen LogP contribution in [-0.4, -0.2) is 51.5 Å². The van der Waals surface area contributed by atoms with Crippen molar-refractivity contribution in [2.75, 3.05) is 31.1 Å². The van der Waals surface area contributed by atoms with Gasteiger partial charge in [0.05, 0.1) is 5.02 Å². The number of anilines is 1. The molecule has 1 aliphatic rings. The van der Waals surface area contributed by atoms with Gasteiger partial charge in [-0.05, 0) is 13.0 Å². The van der Waals surface area contributed by atoms with Crippen LogP contribution in [0.15, 0.2) is 18.3 Å². The highest BCUT2D eigenvalue weighted by atomic mass is 35.5. The fraction of sp³-hybridized carbons (Fsp3) is 0.500. The lowest BCUT2D eigenvalue weighted by Crippen LogP contribution is -2.49. The number of aromatic nitrogens is 3. The molecule has 0 N–H and O–H groups in total. The van der Waals surface area contributed by atoms with Gasteiger partial charge in [-0.2, -0.15) is 0 Å². The molecule has 0 unspecified atom stereocenters. The van der Waals surface area contributed by atoms with Crippen LogP contribution in [0.5, 0.6) is 0 Å². The van der Waals surface area contributed by atoms with E-state index in [2.05, 4.69) is 23.7 Å². The Balaban J connectivity index is 1.70. The number of carbonyl (C=O) groups excluding carboxylic acids is 1.